The van der Waals surface area contributed by atoms with E-state index in [0.29, 0.717) is 21.9 Å². The smallest absolute Gasteiger partial charge is 0.238 e. The zero-order chi connectivity index (χ0) is 15.7. The van der Waals surface area contributed by atoms with Crippen LogP contribution in [-0.4, -0.2) is 31.0 Å². The number of halogens is 1. The average Bonchev–Trinajstić information content (AvgIpc) is 3.27. The topological polar surface area (TPSA) is 98.7 Å². The lowest BCUT2D eigenvalue weighted by Crippen LogP contribution is -2.24. The Kier molecular flexibility index (Phi) is 4.21. The molecule has 3 N–H and O–H groups in total. The maximum absolute atomic E-state index is 12.2. The molecule has 0 aliphatic heterocycles. The molecule has 2 aromatic rings. The summed E-state index contributed by atoms with van der Waals surface area (Å²) in [4.78, 5) is 16.2. The van der Waals surface area contributed by atoms with Crippen LogP contribution in [0.2, 0.25) is 5.02 Å². The van der Waals surface area contributed by atoms with E-state index in [0.717, 1.165) is 18.7 Å². The Bertz CT molecular complexity index is 684. The number of nitrogens with one attached hydrogen (secondary N) is 1. The van der Waals surface area contributed by atoms with Crippen molar-refractivity contribution >= 4 is 35.1 Å². The Hall–Kier alpha value is -1.80. The molecule has 2 aromatic heterocycles. The summed E-state index contributed by atoms with van der Waals surface area (Å²) in [6, 6.07) is 3.31. The Labute approximate surface area is 136 Å². The SMILES string of the molecule is C[C@H](Sc1nnc(C2CC2)n1N)C(=O)Nc1ccc(Cl)cn1. The van der Waals surface area contributed by atoms with Gasteiger partial charge in [0, 0.05) is 12.1 Å². The van der Waals surface area contributed by atoms with E-state index in [-0.39, 0.29) is 11.2 Å². The Balaban J connectivity index is 1.62. The third-order valence-corrected chi connectivity index (χ3v) is 4.54. The number of aromatic nitrogens is 4. The zero-order valence-electron chi connectivity index (χ0n) is 11.9. The molecular formula is C13H15ClN6OS. The number of thioether (sulfide) groups is 1. The summed E-state index contributed by atoms with van der Waals surface area (Å²) in [6.45, 7) is 1.78. The number of pyridine rings is 1. The Morgan fingerprint density at radius 3 is 2.91 bits per heavy atom. The van der Waals surface area contributed by atoms with Gasteiger partial charge < -0.3 is 11.2 Å². The standard InChI is InChI=1S/C13H15ClN6OS/c1-7(12(21)17-10-5-4-9(14)6-16-10)22-13-19-18-11(20(13)15)8-2-3-8/h4-8H,2-3,15H2,1H3,(H,16,17,21)/t7-/m0/s1. The van der Waals surface area contributed by atoms with Crippen LogP contribution >= 0.6 is 23.4 Å². The van der Waals surface area contributed by atoms with E-state index in [4.69, 9.17) is 17.4 Å². The molecule has 1 amide bonds. The minimum Gasteiger partial charge on any atom is -0.336 e. The van der Waals surface area contributed by atoms with E-state index in [2.05, 4.69) is 20.5 Å². The third kappa shape index (κ3) is 3.33. The van der Waals surface area contributed by atoms with Crippen LogP contribution in [0.3, 0.4) is 0 Å². The minimum absolute atomic E-state index is 0.184. The van der Waals surface area contributed by atoms with Gasteiger partial charge in [0.05, 0.1) is 10.3 Å². The largest absolute Gasteiger partial charge is 0.336 e. The summed E-state index contributed by atoms with van der Waals surface area (Å²) < 4.78 is 1.48. The van der Waals surface area contributed by atoms with Crippen molar-refractivity contribution in [1.29, 1.82) is 0 Å². The molecule has 9 heteroatoms. The van der Waals surface area contributed by atoms with Gasteiger partial charge in [-0.3, -0.25) is 4.79 Å². The van der Waals surface area contributed by atoms with Crippen LogP contribution in [0.4, 0.5) is 5.82 Å². The van der Waals surface area contributed by atoms with Crippen molar-refractivity contribution in [2.24, 2.45) is 0 Å². The summed E-state index contributed by atoms with van der Waals surface area (Å²) in [5, 5.41) is 11.5. The van der Waals surface area contributed by atoms with Crippen molar-refractivity contribution < 1.29 is 4.79 Å². The van der Waals surface area contributed by atoms with Gasteiger partial charge in [0.2, 0.25) is 11.1 Å². The van der Waals surface area contributed by atoms with Crippen molar-refractivity contribution in [3.05, 3.63) is 29.2 Å². The summed E-state index contributed by atoms with van der Waals surface area (Å²) in [6.07, 6.45) is 3.67. The van der Waals surface area contributed by atoms with Gasteiger partial charge in [-0.15, -0.1) is 10.2 Å². The molecular weight excluding hydrogens is 324 g/mol. The van der Waals surface area contributed by atoms with Crippen LogP contribution in [-0.2, 0) is 4.79 Å². The molecule has 0 aromatic carbocycles. The van der Waals surface area contributed by atoms with E-state index in [1.807, 2.05) is 0 Å². The van der Waals surface area contributed by atoms with Crippen LogP contribution in [0.25, 0.3) is 0 Å². The van der Waals surface area contributed by atoms with Gasteiger partial charge in [-0.2, -0.15) is 0 Å². The van der Waals surface area contributed by atoms with Crippen molar-refractivity contribution in [1.82, 2.24) is 19.9 Å². The highest BCUT2D eigenvalue weighted by Crippen LogP contribution is 2.39. The number of carbonyl (C=O) groups is 1. The molecule has 1 saturated carbocycles. The predicted molar refractivity (Wildman–Crippen MR) is 85.3 cm³/mol. The fraction of sp³-hybridized carbons (Fsp3) is 0.385. The quantitative estimate of drug-likeness (QED) is 0.639. The molecule has 0 radical (unpaired) electrons. The van der Waals surface area contributed by atoms with Gasteiger partial charge in [0.1, 0.15) is 5.82 Å². The van der Waals surface area contributed by atoms with Gasteiger partial charge in [-0.25, -0.2) is 9.66 Å². The number of rotatable bonds is 5. The second-order valence-electron chi connectivity index (χ2n) is 5.10. The van der Waals surface area contributed by atoms with Gasteiger partial charge in [0.15, 0.2) is 5.82 Å². The number of nitrogens with two attached hydrogens (primary N) is 1. The lowest BCUT2D eigenvalue weighted by atomic mass is 10.4. The van der Waals surface area contributed by atoms with Crippen molar-refractivity contribution in [3.8, 4) is 0 Å². The normalized spacial score (nSPS) is 15.5. The first-order valence-corrected chi connectivity index (χ1v) is 8.10. The number of anilines is 1. The minimum atomic E-state index is -0.379. The highest BCUT2D eigenvalue weighted by molar-refractivity contribution is 8.00. The molecule has 1 atom stereocenters. The van der Waals surface area contributed by atoms with Gasteiger partial charge in [0.25, 0.3) is 0 Å². The molecule has 0 bridgehead atoms. The molecule has 1 fully saturated rings. The van der Waals surface area contributed by atoms with E-state index < -0.39 is 0 Å². The highest BCUT2D eigenvalue weighted by Gasteiger charge is 2.30. The van der Waals surface area contributed by atoms with Crippen LogP contribution in [0.1, 0.15) is 31.5 Å². The first-order chi connectivity index (χ1) is 10.5. The molecule has 116 valence electrons. The van der Waals surface area contributed by atoms with E-state index in [1.54, 1.807) is 19.1 Å². The summed E-state index contributed by atoms with van der Waals surface area (Å²) in [7, 11) is 0. The maximum Gasteiger partial charge on any atom is 0.238 e. The molecule has 1 aliphatic carbocycles. The van der Waals surface area contributed by atoms with Crippen molar-refractivity contribution in [2.45, 2.75) is 36.1 Å². The number of hydrogen-bond donors (Lipinski definition) is 2. The molecule has 1 aliphatic rings. The zero-order valence-corrected chi connectivity index (χ0v) is 13.4. The summed E-state index contributed by atoms with van der Waals surface area (Å²) in [5.74, 6) is 7.44. The summed E-state index contributed by atoms with van der Waals surface area (Å²) in [5.41, 5.74) is 0. The second-order valence-corrected chi connectivity index (χ2v) is 6.84. The fourth-order valence-electron chi connectivity index (χ4n) is 1.88. The number of hydrogen-bond acceptors (Lipinski definition) is 6. The molecule has 7 nitrogen and oxygen atoms in total. The van der Waals surface area contributed by atoms with Gasteiger partial charge in [-0.1, -0.05) is 23.4 Å². The molecule has 2 heterocycles. The number of nitrogen functional groups attached to an aromatic ring is 1. The first-order valence-electron chi connectivity index (χ1n) is 6.84. The molecule has 22 heavy (non-hydrogen) atoms. The summed E-state index contributed by atoms with van der Waals surface area (Å²) >= 11 is 7.02. The number of carbonyl (C=O) groups excluding carboxylic acids is 1. The fourth-order valence-corrected chi connectivity index (χ4v) is 2.77. The van der Waals surface area contributed by atoms with E-state index >= 15 is 0 Å². The lowest BCUT2D eigenvalue weighted by molar-refractivity contribution is -0.115. The van der Waals surface area contributed by atoms with Crippen molar-refractivity contribution in [2.75, 3.05) is 11.2 Å². The molecule has 0 saturated heterocycles. The van der Waals surface area contributed by atoms with Crippen LogP contribution in [0, 0.1) is 0 Å². The molecule has 0 spiro atoms. The van der Waals surface area contributed by atoms with E-state index in [1.165, 1.54) is 22.6 Å². The van der Waals surface area contributed by atoms with Crippen molar-refractivity contribution in [3.63, 3.8) is 0 Å². The number of nitrogens with zero attached hydrogens (tertiary/aromatic N) is 4. The maximum atomic E-state index is 12.2. The van der Waals surface area contributed by atoms with Crippen LogP contribution in [0.15, 0.2) is 23.5 Å². The Morgan fingerprint density at radius 2 is 2.27 bits per heavy atom. The highest BCUT2D eigenvalue weighted by atomic mass is 35.5. The molecule has 0 unspecified atom stereocenters. The van der Waals surface area contributed by atoms with Crippen LogP contribution in [0.5, 0.6) is 0 Å². The Morgan fingerprint density at radius 1 is 1.50 bits per heavy atom. The molecule has 3 rings (SSSR count). The number of amides is 1. The van der Waals surface area contributed by atoms with Gasteiger partial charge in [-0.05, 0) is 31.9 Å². The third-order valence-electron chi connectivity index (χ3n) is 3.26. The van der Waals surface area contributed by atoms with Crippen LogP contribution < -0.4 is 11.2 Å². The van der Waals surface area contributed by atoms with E-state index in [9.17, 15) is 4.79 Å². The first kappa shape index (κ1) is 15.1. The lowest BCUT2D eigenvalue weighted by Gasteiger charge is -2.11. The predicted octanol–water partition coefficient (Wildman–Crippen LogP) is 2.04. The average molecular weight is 339 g/mol. The second kappa shape index (κ2) is 6.13. The monoisotopic (exact) mass is 338 g/mol. The van der Waals surface area contributed by atoms with Gasteiger partial charge >= 0.3 is 0 Å².